The predicted molar refractivity (Wildman–Crippen MR) is 100 cm³/mol. The van der Waals surface area contributed by atoms with Gasteiger partial charge in [-0.1, -0.05) is 12.1 Å². The molecule has 6 nitrogen and oxygen atoms in total. The van der Waals surface area contributed by atoms with E-state index < -0.39 is 5.97 Å². The van der Waals surface area contributed by atoms with Crippen molar-refractivity contribution in [2.24, 2.45) is 0 Å². The normalized spacial score (nSPS) is 10.3. The smallest absolute Gasteiger partial charge is 0.341 e. The second-order valence-electron chi connectivity index (χ2n) is 5.46. The summed E-state index contributed by atoms with van der Waals surface area (Å²) >= 11 is 1.35. The van der Waals surface area contributed by atoms with Crippen LogP contribution in [0.2, 0.25) is 0 Å². The van der Waals surface area contributed by atoms with Crippen LogP contribution in [0.25, 0.3) is 0 Å². The molecule has 2 aromatic rings. The molecule has 1 amide bonds. The topological polar surface area (TPSA) is 68.7 Å². The van der Waals surface area contributed by atoms with Crippen LogP contribution in [0.15, 0.2) is 47.6 Å². The highest BCUT2D eigenvalue weighted by molar-refractivity contribution is 7.98. The molecule has 1 heterocycles. The zero-order chi connectivity index (χ0) is 18.9. The Labute approximate surface area is 157 Å². The number of nitrogens with zero attached hydrogens (tertiary/aromatic N) is 2. The molecule has 1 aromatic carbocycles. The summed E-state index contributed by atoms with van der Waals surface area (Å²) in [5.74, 6) is -0.0349. The quantitative estimate of drug-likeness (QED) is 0.523. The number of aromatic nitrogens is 1. The Balaban J connectivity index is 1.87. The molecule has 0 aliphatic rings. The van der Waals surface area contributed by atoms with Crippen molar-refractivity contribution < 1.29 is 19.1 Å². The fraction of sp³-hybridized carbons (Fsp3) is 0.316. The Morgan fingerprint density at radius 3 is 2.58 bits per heavy atom. The van der Waals surface area contributed by atoms with E-state index in [9.17, 15) is 9.59 Å². The SMILES string of the molecule is CCOc1ccc(CN(C)C(=O)COC(=O)c2cccnc2SC)cc1. The number of ether oxygens (including phenoxy) is 2. The summed E-state index contributed by atoms with van der Waals surface area (Å²) in [7, 11) is 1.67. The highest BCUT2D eigenvalue weighted by Crippen LogP contribution is 2.18. The van der Waals surface area contributed by atoms with Crippen LogP contribution in [0.3, 0.4) is 0 Å². The zero-order valence-corrected chi connectivity index (χ0v) is 15.9. The summed E-state index contributed by atoms with van der Waals surface area (Å²) in [6, 6.07) is 10.8. The molecule has 7 heteroatoms. The van der Waals surface area contributed by atoms with Crippen molar-refractivity contribution >= 4 is 23.6 Å². The van der Waals surface area contributed by atoms with Crippen LogP contribution in [-0.4, -0.2) is 48.3 Å². The third-order valence-electron chi connectivity index (χ3n) is 3.59. The van der Waals surface area contributed by atoms with Crippen LogP contribution < -0.4 is 4.74 Å². The molecule has 0 spiro atoms. The molecule has 0 radical (unpaired) electrons. The lowest BCUT2D eigenvalue weighted by Gasteiger charge is -2.17. The van der Waals surface area contributed by atoms with Gasteiger partial charge in [0, 0.05) is 19.8 Å². The number of hydrogen-bond donors (Lipinski definition) is 0. The summed E-state index contributed by atoms with van der Waals surface area (Å²) in [6.07, 6.45) is 3.44. The van der Waals surface area contributed by atoms with E-state index in [2.05, 4.69) is 4.98 Å². The van der Waals surface area contributed by atoms with Crippen LogP contribution >= 0.6 is 11.8 Å². The van der Waals surface area contributed by atoms with Crippen molar-refractivity contribution in [2.75, 3.05) is 26.5 Å². The van der Waals surface area contributed by atoms with Gasteiger partial charge in [-0.15, -0.1) is 11.8 Å². The van der Waals surface area contributed by atoms with Gasteiger partial charge in [0.25, 0.3) is 5.91 Å². The van der Waals surface area contributed by atoms with Crippen molar-refractivity contribution in [1.82, 2.24) is 9.88 Å². The van der Waals surface area contributed by atoms with E-state index in [1.165, 1.54) is 16.7 Å². The molecule has 0 N–H and O–H groups in total. The Morgan fingerprint density at radius 2 is 1.92 bits per heavy atom. The number of thioether (sulfide) groups is 1. The molecule has 0 saturated carbocycles. The number of amides is 1. The average molecular weight is 374 g/mol. The molecular formula is C19H22N2O4S. The molecule has 2 rings (SSSR count). The number of esters is 1. The molecule has 0 bridgehead atoms. The largest absolute Gasteiger partial charge is 0.494 e. The van der Waals surface area contributed by atoms with Gasteiger partial charge < -0.3 is 14.4 Å². The number of carbonyl (C=O) groups excluding carboxylic acids is 2. The number of benzene rings is 1. The third-order valence-corrected chi connectivity index (χ3v) is 4.30. The molecule has 26 heavy (non-hydrogen) atoms. The fourth-order valence-electron chi connectivity index (χ4n) is 2.24. The predicted octanol–water partition coefficient (Wildman–Crippen LogP) is 3.02. The highest BCUT2D eigenvalue weighted by atomic mass is 32.2. The van der Waals surface area contributed by atoms with E-state index >= 15 is 0 Å². The minimum Gasteiger partial charge on any atom is -0.494 e. The first-order valence-electron chi connectivity index (χ1n) is 8.17. The Kier molecular flexibility index (Phi) is 7.47. The Hall–Kier alpha value is -2.54. The van der Waals surface area contributed by atoms with Crippen molar-refractivity contribution in [1.29, 1.82) is 0 Å². The van der Waals surface area contributed by atoms with E-state index in [4.69, 9.17) is 9.47 Å². The summed E-state index contributed by atoms with van der Waals surface area (Å²) in [5.41, 5.74) is 1.33. The molecule has 1 aromatic heterocycles. The first-order chi connectivity index (χ1) is 12.5. The monoisotopic (exact) mass is 374 g/mol. The lowest BCUT2D eigenvalue weighted by atomic mass is 10.2. The van der Waals surface area contributed by atoms with Gasteiger partial charge in [0.05, 0.1) is 12.2 Å². The van der Waals surface area contributed by atoms with E-state index in [1.54, 1.807) is 25.4 Å². The van der Waals surface area contributed by atoms with Gasteiger partial charge in [0.15, 0.2) is 6.61 Å². The number of likely N-dealkylation sites (N-methyl/N-ethyl adjacent to an activating group) is 1. The second-order valence-corrected chi connectivity index (χ2v) is 6.26. The van der Waals surface area contributed by atoms with Gasteiger partial charge >= 0.3 is 5.97 Å². The van der Waals surface area contributed by atoms with Gasteiger partial charge in [-0.3, -0.25) is 4.79 Å². The average Bonchev–Trinajstić information content (AvgIpc) is 2.67. The molecule has 0 aliphatic heterocycles. The van der Waals surface area contributed by atoms with Gasteiger partial charge in [-0.25, -0.2) is 9.78 Å². The zero-order valence-electron chi connectivity index (χ0n) is 15.1. The fourth-order valence-corrected chi connectivity index (χ4v) is 2.78. The van der Waals surface area contributed by atoms with Crippen LogP contribution in [0.5, 0.6) is 5.75 Å². The van der Waals surface area contributed by atoms with E-state index in [1.807, 2.05) is 37.4 Å². The third kappa shape index (κ3) is 5.49. The van der Waals surface area contributed by atoms with Crippen molar-refractivity contribution in [3.63, 3.8) is 0 Å². The molecule has 0 aliphatic carbocycles. The molecule has 0 unspecified atom stereocenters. The maximum Gasteiger partial charge on any atom is 0.341 e. The van der Waals surface area contributed by atoms with E-state index in [0.717, 1.165) is 11.3 Å². The summed E-state index contributed by atoms with van der Waals surface area (Å²) in [6.45, 7) is 2.65. The van der Waals surface area contributed by atoms with E-state index in [-0.39, 0.29) is 12.5 Å². The maximum absolute atomic E-state index is 12.2. The summed E-state index contributed by atoms with van der Waals surface area (Å²) < 4.78 is 10.5. The molecule has 138 valence electrons. The van der Waals surface area contributed by atoms with Crippen molar-refractivity contribution in [3.8, 4) is 5.75 Å². The Morgan fingerprint density at radius 1 is 1.19 bits per heavy atom. The standard InChI is InChI=1S/C19H22N2O4S/c1-4-24-15-9-7-14(8-10-15)12-21(2)17(22)13-25-19(23)16-6-5-11-20-18(16)26-3/h5-11H,4,12-13H2,1-3H3. The van der Waals surface area contributed by atoms with E-state index in [0.29, 0.717) is 23.7 Å². The number of hydrogen-bond acceptors (Lipinski definition) is 6. The first-order valence-corrected chi connectivity index (χ1v) is 9.39. The highest BCUT2D eigenvalue weighted by Gasteiger charge is 2.16. The second kappa shape index (κ2) is 9.82. The lowest BCUT2D eigenvalue weighted by molar-refractivity contribution is -0.133. The van der Waals surface area contributed by atoms with Crippen LogP contribution in [0.4, 0.5) is 0 Å². The van der Waals surface area contributed by atoms with Crippen LogP contribution in [-0.2, 0) is 16.1 Å². The Bertz CT molecular complexity index is 749. The van der Waals surface area contributed by atoms with Gasteiger partial charge in [-0.05, 0) is 43.0 Å². The van der Waals surface area contributed by atoms with Gasteiger partial charge in [0.2, 0.25) is 0 Å². The van der Waals surface area contributed by atoms with Gasteiger partial charge in [0.1, 0.15) is 10.8 Å². The van der Waals surface area contributed by atoms with Gasteiger partial charge in [-0.2, -0.15) is 0 Å². The number of carbonyl (C=O) groups is 2. The number of rotatable bonds is 8. The molecular weight excluding hydrogens is 352 g/mol. The maximum atomic E-state index is 12.2. The number of pyridine rings is 1. The van der Waals surface area contributed by atoms with Crippen LogP contribution in [0, 0.1) is 0 Å². The first kappa shape index (κ1) is 19.8. The van der Waals surface area contributed by atoms with Crippen molar-refractivity contribution in [3.05, 3.63) is 53.7 Å². The molecule has 0 fully saturated rings. The van der Waals surface area contributed by atoms with Crippen LogP contribution in [0.1, 0.15) is 22.8 Å². The lowest BCUT2D eigenvalue weighted by Crippen LogP contribution is -2.30. The summed E-state index contributed by atoms with van der Waals surface area (Å²) in [5, 5.41) is 0.577. The summed E-state index contributed by atoms with van der Waals surface area (Å²) in [4.78, 5) is 30.0. The molecule has 0 atom stereocenters. The minimum atomic E-state index is -0.551. The molecule has 0 saturated heterocycles. The minimum absolute atomic E-state index is 0.276. The van der Waals surface area contributed by atoms with Crippen molar-refractivity contribution in [2.45, 2.75) is 18.5 Å².